The van der Waals surface area contributed by atoms with Crippen LogP contribution in [0.15, 0.2) is 54.6 Å². The minimum atomic E-state index is -1.12. The molecule has 0 radical (unpaired) electrons. The summed E-state index contributed by atoms with van der Waals surface area (Å²) in [7, 11) is 2.81. The van der Waals surface area contributed by atoms with Crippen molar-refractivity contribution in [3.63, 3.8) is 0 Å². The van der Waals surface area contributed by atoms with Crippen LogP contribution in [0.4, 0.5) is 0 Å². The van der Waals surface area contributed by atoms with Gasteiger partial charge in [0.05, 0.1) is 32.8 Å². The number of ether oxygens (including phenoxy) is 2. The Morgan fingerprint density at radius 3 is 2.29 bits per heavy atom. The molecule has 0 saturated carbocycles. The summed E-state index contributed by atoms with van der Waals surface area (Å²) in [5, 5.41) is 20.1. The number of hydrogen-bond acceptors (Lipinski definition) is 8. The lowest BCUT2D eigenvalue weighted by molar-refractivity contribution is -0.142. The van der Waals surface area contributed by atoms with Crippen LogP contribution in [0.2, 0.25) is 0 Å². The molecule has 2 aromatic carbocycles. The molecule has 0 fully saturated rings. The predicted octanol–water partition coefficient (Wildman–Crippen LogP) is 2.74. The third-order valence-electron chi connectivity index (χ3n) is 7.20. The number of aliphatic hydroxyl groups is 1. The first-order valence-electron chi connectivity index (χ1n) is 16.7. The number of carbonyl (C=O) groups excluding carboxylic acids is 4. The highest BCUT2D eigenvalue weighted by molar-refractivity contribution is 5.89. The molecule has 11 nitrogen and oxygen atoms in total. The summed E-state index contributed by atoms with van der Waals surface area (Å²) in [6.07, 6.45) is -0.163. The highest BCUT2D eigenvalue weighted by Gasteiger charge is 2.28. The van der Waals surface area contributed by atoms with Crippen molar-refractivity contribution < 1.29 is 36.5 Å². The average Bonchev–Trinajstić information content (AvgIpc) is 3.08. The van der Waals surface area contributed by atoms with Crippen LogP contribution in [0, 0.1) is 0 Å². The lowest BCUT2D eigenvalue weighted by atomic mass is 9.99. The van der Waals surface area contributed by atoms with Crippen molar-refractivity contribution in [1.29, 1.82) is 0 Å². The molecule has 0 unspecified atom stereocenters. The Kier molecular flexibility index (Phi) is 15.8. The van der Waals surface area contributed by atoms with Crippen molar-refractivity contribution in [2.75, 3.05) is 33.9 Å². The molecule has 3 atom stereocenters. The number of amides is 3. The van der Waals surface area contributed by atoms with E-state index in [1.54, 1.807) is 12.0 Å². The second kappa shape index (κ2) is 20.9. The number of benzene rings is 2. The van der Waals surface area contributed by atoms with E-state index in [1.165, 1.54) is 7.11 Å². The van der Waals surface area contributed by atoms with Gasteiger partial charge in [-0.05, 0) is 48.9 Å². The van der Waals surface area contributed by atoms with Gasteiger partial charge in [0.25, 0.3) is 0 Å². The maximum absolute atomic E-state index is 13.7. The summed E-state index contributed by atoms with van der Waals surface area (Å²) in [5.41, 5.74) is 1.84. The second-order valence-electron chi connectivity index (χ2n) is 10.7. The molecular formula is C34H50N4O7. The maximum Gasteiger partial charge on any atom is 0.306 e. The van der Waals surface area contributed by atoms with Gasteiger partial charge >= 0.3 is 5.97 Å². The van der Waals surface area contributed by atoms with Gasteiger partial charge in [-0.3, -0.25) is 19.2 Å². The van der Waals surface area contributed by atoms with Crippen LogP contribution in [0.5, 0.6) is 5.75 Å². The average molecular weight is 629 g/mol. The molecule has 0 aliphatic heterocycles. The molecule has 248 valence electrons. The molecule has 0 heterocycles. The SMILES string of the molecule is [2H]CCCN(CCC[2H])C(=O)CC[C@H](NC(=O)CCC(=O)OC)C(=O)N[C@@H](Cc1ccccc1)[C@H](O)CNCc1cccc(OC)c1. The third-order valence-corrected chi connectivity index (χ3v) is 7.20. The van der Waals surface area contributed by atoms with E-state index in [9.17, 15) is 24.3 Å². The van der Waals surface area contributed by atoms with Gasteiger partial charge in [0.1, 0.15) is 11.8 Å². The summed E-state index contributed by atoms with van der Waals surface area (Å²) >= 11 is 0. The van der Waals surface area contributed by atoms with Gasteiger partial charge in [0, 0.05) is 41.8 Å². The highest BCUT2D eigenvalue weighted by atomic mass is 16.5. The fourth-order valence-corrected chi connectivity index (χ4v) is 4.75. The van der Waals surface area contributed by atoms with Gasteiger partial charge in [0.2, 0.25) is 17.7 Å². The van der Waals surface area contributed by atoms with Crippen molar-refractivity contribution >= 4 is 23.7 Å². The third kappa shape index (κ3) is 14.1. The summed E-state index contributed by atoms with van der Waals surface area (Å²) in [5.74, 6) is -1.21. The zero-order chi connectivity index (χ0) is 34.4. The van der Waals surface area contributed by atoms with Crippen molar-refractivity contribution in [3.05, 3.63) is 65.7 Å². The molecular weight excluding hydrogens is 576 g/mol. The smallest absolute Gasteiger partial charge is 0.306 e. The van der Waals surface area contributed by atoms with Gasteiger partial charge in [-0.2, -0.15) is 0 Å². The van der Waals surface area contributed by atoms with E-state index in [4.69, 9.17) is 7.48 Å². The van der Waals surface area contributed by atoms with E-state index in [0.717, 1.165) is 11.1 Å². The molecule has 0 aromatic heterocycles. The van der Waals surface area contributed by atoms with Crippen molar-refractivity contribution in [1.82, 2.24) is 20.9 Å². The number of carbonyl (C=O) groups is 4. The van der Waals surface area contributed by atoms with Crippen LogP contribution in [0.3, 0.4) is 0 Å². The Hall–Kier alpha value is -3.96. The fourth-order valence-electron chi connectivity index (χ4n) is 4.75. The monoisotopic (exact) mass is 628 g/mol. The van der Waals surface area contributed by atoms with Crippen LogP contribution in [0.1, 0.15) is 66.2 Å². The minimum Gasteiger partial charge on any atom is -0.497 e. The summed E-state index contributed by atoms with van der Waals surface area (Å²) in [4.78, 5) is 52.8. The Bertz CT molecular complexity index is 1230. The van der Waals surface area contributed by atoms with Crippen LogP contribution in [-0.2, 0) is 36.9 Å². The first-order valence-corrected chi connectivity index (χ1v) is 15.3. The lowest BCUT2D eigenvalue weighted by Crippen LogP contribution is -2.55. The van der Waals surface area contributed by atoms with E-state index in [-0.39, 0.29) is 51.9 Å². The quantitative estimate of drug-likeness (QED) is 0.155. The number of rotatable bonds is 21. The molecule has 45 heavy (non-hydrogen) atoms. The van der Waals surface area contributed by atoms with Crippen molar-refractivity contribution in [3.8, 4) is 5.75 Å². The zero-order valence-electron chi connectivity index (χ0n) is 28.5. The van der Waals surface area contributed by atoms with Crippen molar-refractivity contribution in [2.45, 2.75) is 83.5 Å². The Labute approximate surface area is 269 Å². The zero-order valence-corrected chi connectivity index (χ0v) is 26.5. The van der Waals surface area contributed by atoms with E-state index >= 15 is 0 Å². The van der Waals surface area contributed by atoms with Crippen LogP contribution in [0.25, 0.3) is 0 Å². The van der Waals surface area contributed by atoms with Crippen LogP contribution >= 0.6 is 0 Å². The number of nitrogens with zero attached hydrogens (tertiary/aromatic N) is 1. The topological polar surface area (TPSA) is 146 Å². The second-order valence-corrected chi connectivity index (χ2v) is 10.7. The van der Waals surface area contributed by atoms with Gasteiger partial charge in [-0.1, -0.05) is 56.3 Å². The van der Waals surface area contributed by atoms with Gasteiger partial charge in [-0.25, -0.2) is 0 Å². The largest absolute Gasteiger partial charge is 0.497 e. The molecule has 0 saturated heterocycles. The number of esters is 1. The number of methoxy groups -OCH3 is 2. The van der Waals surface area contributed by atoms with E-state index in [1.807, 2.05) is 54.6 Å². The standard InChI is InChI=1S/C34H50N4O7/c1-5-19-38(20-6-2)32(41)17-15-28(36-31(40)16-18-33(42)45-4)34(43)37-29(22-25-11-8-7-9-12-25)30(39)24-35-23-26-13-10-14-27(21-26)44-3/h7-14,21,28-30,35,39H,5-6,15-20,22-24H2,1-4H3,(H,36,40)(H,37,43)/t28-,29-,30+/m0/s1/i1D,2D. The normalized spacial score (nSPS) is 13.4. The summed E-state index contributed by atoms with van der Waals surface area (Å²) in [6.45, 7) is 1.68. The number of hydrogen-bond donors (Lipinski definition) is 4. The number of nitrogens with one attached hydrogen (secondary N) is 3. The minimum absolute atomic E-state index is 0.0187. The van der Waals surface area contributed by atoms with E-state index in [2.05, 4.69) is 20.7 Å². The first kappa shape index (κ1) is 33.9. The van der Waals surface area contributed by atoms with Crippen LogP contribution < -0.4 is 20.7 Å². The lowest BCUT2D eigenvalue weighted by Gasteiger charge is -2.28. The van der Waals surface area contributed by atoms with Crippen LogP contribution in [-0.4, -0.2) is 85.7 Å². The van der Waals surface area contributed by atoms with Gasteiger partial charge in [0.15, 0.2) is 0 Å². The van der Waals surface area contributed by atoms with Gasteiger partial charge in [-0.15, -0.1) is 0 Å². The maximum atomic E-state index is 13.7. The molecule has 11 heteroatoms. The summed E-state index contributed by atoms with van der Waals surface area (Å²) < 4.78 is 24.8. The molecule has 2 rings (SSSR count). The van der Waals surface area contributed by atoms with E-state index < -0.39 is 36.0 Å². The number of aliphatic hydroxyl groups excluding tert-OH is 1. The molecule has 0 spiro atoms. The Morgan fingerprint density at radius 1 is 0.911 bits per heavy atom. The molecule has 0 aliphatic rings. The predicted molar refractivity (Wildman–Crippen MR) is 172 cm³/mol. The molecule has 3 amide bonds. The molecule has 0 bridgehead atoms. The Balaban J connectivity index is 2.19. The van der Waals surface area contributed by atoms with E-state index in [0.29, 0.717) is 44.6 Å². The summed E-state index contributed by atoms with van der Waals surface area (Å²) in [6, 6.07) is 15.1. The molecule has 4 N–H and O–H groups in total. The Morgan fingerprint density at radius 2 is 1.62 bits per heavy atom. The molecule has 2 aromatic rings. The van der Waals surface area contributed by atoms with Crippen molar-refractivity contribution in [2.24, 2.45) is 0 Å². The van der Waals surface area contributed by atoms with Gasteiger partial charge < -0.3 is 35.4 Å². The molecule has 0 aliphatic carbocycles. The highest BCUT2D eigenvalue weighted by Crippen LogP contribution is 2.13. The fraction of sp³-hybridized carbons (Fsp3) is 0.529. The first-order chi connectivity index (χ1) is 22.7.